The number of amides is 2. The molecule has 2 aliphatic heterocycles. The molecule has 2 fully saturated rings. The zero-order valence-electron chi connectivity index (χ0n) is 14.5. The smallest absolute Gasteiger partial charge is 0.228 e. The van der Waals surface area contributed by atoms with Gasteiger partial charge in [-0.3, -0.25) is 9.59 Å². The van der Waals surface area contributed by atoms with Crippen molar-refractivity contribution in [3.8, 4) is 5.75 Å². The Morgan fingerprint density at radius 1 is 1.21 bits per heavy atom. The number of benzene rings is 1. The fourth-order valence-corrected chi connectivity index (χ4v) is 3.50. The van der Waals surface area contributed by atoms with Crippen LogP contribution in [-0.4, -0.2) is 43.0 Å². The molecule has 2 amide bonds. The van der Waals surface area contributed by atoms with E-state index in [0.717, 1.165) is 37.4 Å². The first-order valence-corrected chi connectivity index (χ1v) is 8.90. The standard InChI is InChI=1S/C19H26N2O3/c1-3-24-17-6-4-16(5-7-17)21-13-15(12-18(21)22)19(23)20-10-8-14(2)9-11-20/h4-7,14-15H,3,8-13H2,1-2H3/t15-/m0/s1. The zero-order chi connectivity index (χ0) is 17.1. The first-order chi connectivity index (χ1) is 11.6. The van der Waals surface area contributed by atoms with Gasteiger partial charge < -0.3 is 14.5 Å². The van der Waals surface area contributed by atoms with E-state index in [4.69, 9.17) is 4.74 Å². The number of hydrogen-bond donors (Lipinski definition) is 0. The van der Waals surface area contributed by atoms with Crippen molar-refractivity contribution in [1.29, 1.82) is 0 Å². The summed E-state index contributed by atoms with van der Waals surface area (Å²) in [5.74, 6) is 1.45. The maximum Gasteiger partial charge on any atom is 0.228 e. The molecular weight excluding hydrogens is 304 g/mol. The maximum absolute atomic E-state index is 12.7. The van der Waals surface area contributed by atoms with Crippen LogP contribution in [0, 0.1) is 11.8 Å². The fourth-order valence-electron chi connectivity index (χ4n) is 3.50. The Morgan fingerprint density at radius 2 is 1.88 bits per heavy atom. The molecule has 1 atom stereocenters. The molecular formula is C19H26N2O3. The summed E-state index contributed by atoms with van der Waals surface area (Å²) in [4.78, 5) is 28.7. The molecule has 5 nitrogen and oxygen atoms in total. The van der Waals surface area contributed by atoms with E-state index >= 15 is 0 Å². The van der Waals surface area contributed by atoms with Gasteiger partial charge in [0.25, 0.3) is 0 Å². The van der Waals surface area contributed by atoms with Crippen LogP contribution in [0.2, 0.25) is 0 Å². The van der Waals surface area contributed by atoms with E-state index in [9.17, 15) is 9.59 Å². The lowest BCUT2D eigenvalue weighted by molar-refractivity contribution is -0.137. The van der Waals surface area contributed by atoms with Gasteiger partial charge in [0.2, 0.25) is 11.8 Å². The Hall–Kier alpha value is -2.04. The number of rotatable bonds is 4. The van der Waals surface area contributed by atoms with Crippen LogP contribution in [0.25, 0.3) is 0 Å². The lowest BCUT2D eigenvalue weighted by atomic mass is 9.97. The Kier molecular flexibility index (Phi) is 5.07. The highest BCUT2D eigenvalue weighted by Gasteiger charge is 2.37. The second-order valence-corrected chi connectivity index (χ2v) is 6.84. The molecule has 0 saturated carbocycles. The van der Waals surface area contributed by atoms with Gasteiger partial charge in [0, 0.05) is 31.7 Å². The van der Waals surface area contributed by atoms with E-state index in [0.29, 0.717) is 25.5 Å². The lowest BCUT2D eigenvalue weighted by Crippen LogP contribution is -2.42. The number of nitrogens with zero attached hydrogens (tertiary/aromatic N) is 2. The molecule has 0 radical (unpaired) electrons. The van der Waals surface area contributed by atoms with Crippen molar-refractivity contribution in [1.82, 2.24) is 4.90 Å². The molecule has 1 aromatic rings. The first kappa shape index (κ1) is 16.8. The van der Waals surface area contributed by atoms with Crippen molar-refractivity contribution in [3.63, 3.8) is 0 Å². The van der Waals surface area contributed by atoms with E-state index < -0.39 is 0 Å². The number of carbonyl (C=O) groups is 2. The highest BCUT2D eigenvalue weighted by Crippen LogP contribution is 2.29. The molecule has 0 bridgehead atoms. The van der Waals surface area contributed by atoms with Crippen molar-refractivity contribution in [2.45, 2.75) is 33.1 Å². The minimum Gasteiger partial charge on any atom is -0.494 e. The molecule has 2 saturated heterocycles. The number of anilines is 1. The van der Waals surface area contributed by atoms with E-state index in [1.807, 2.05) is 36.1 Å². The number of likely N-dealkylation sites (tertiary alicyclic amines) is 1. The van der Waals surface area contributed by atoms with Crippen molar-refractivity contribution in [3.05, 3.63) is 24.3 Å². The molecule has 0 N–H and O–H groups in total. The number of carbonyl (C=O) groups excluding carboxylic acids is 2. The molecule has 2 aliphatic rings. The maximum atomic E-state index is 12.7. The summed E-state index contributed by atoms with van der Waals surface area (Å²) in [6, 6.07) is 7.51. The van der Waals surface area contributed by atoms with Gasteiger partial charge in [-0.15, -0.1) is 0 Å². The average molecular weight is 330 g/mol. The van der Waals surface area contributed by atoms with Crippen LogP contribution in [0.1, 0.15) is 33.1 Å². The fraction of sp³-hybridized carbons (Fsp3) is 0.579. The Balaban J connectivity index is 1.63. The molecule has 130 valence electrons. The van der Waals surface area contributed by atoms with Crippen LogP contribution < -0.4 is 9.64 Å². The van der Waals surface area contributed by atoms with Crippen LogP contribution in [0.3, 0.4) is 0 Å². The van der Waals surface area contributed by atoms with E-state index in [2.05, 4.69) is 6.92 Å². The molecule has 24 heavy (non-hydrogen) atoms. The van der Waals surface area contributed by atoms with E-state index in [1.54, 1.807) is 4.90 Å². The molecule has 0 spiro atoms. The number of piperidine rings is 1. The second kappa shape index (κ2) is 7.24. The zero-order valence-corrected chi connectivity index (χ0v) is 14.5. The van der Waals surface area contributed by atoms with E-state index in [-0.39, 0.29) is 17.7 Å². The Morgan fingerprint density at radius 3 is 2.50 bits per heavy atom. The van der Waals surface area contributed by atoms with Crippen LogP contribution in [0.5, 0.6) is 5.75 Å². The topological polar surface area (TPSA) is 49.9 Å². The highest BCUT2D eigenvalue weighted by molar-refractivity contribution is 6.00. The SMILES string of the molecule is CCOc1ccc(N2C[C@@H](C(=O)N3CCC(C)CC3)CC2=O)cc1. The summed E-state index contributed by atoms with van der Waals surface area (Å²) in [5, 5.41) is 0. The molecule has 0 aliphatic carbocycles. The molecule has 0 unspecified atom stereocenters. The second-order valence-electron chi connectivity index (χ2n) is 6.84. The molecule has 3 rings (SSSR count). The van der Waals surface area contributed by atoms with Crippen LogP contribution in [0.15, 0.2) is 24.3 Å². The van der Waals surface area contributed by atoms with Gasteiger partial charge >= 0.3 is 0 Å². The van der Waals surface area contributed by atoms with Crippen molar-refractivity contribution < 1.29 is 14.3 Å². The third-order valence-corrected chi connectivity index (χ3v) is 5.03. The number of ether oxygens (including phenoxy) is 1. The van der Waals surface area contributed by atoms with Gasteiger partial charge in [-0.1, -0.05) is 6.92 Å². The quantitative estimate of drug-likeness (QED) is 0.853. The molecule has 0 aromatic heterocycles. The third-order valence-electron chi connectivity index (χ3n) is 5.03. The predicted octanol–water partition coefficient (Wildman–Crippen LogP) is 2.70. The summed E-state index contributed by atoms with van der Waals surface area (Å²) < 4.78 is 5.43. The Bertz CT molecular complexity index is 591. The Labute approximate surface area is 143 Å². The lowest BCUT2D eigenvalue weighted by Gasteiger charge is -2.32. The van der Waals surface area contributed by atoms with Crippen molar-refractivity contribution >= 4 is 17.5 Å². The van der Waals surface area contributed by atoms with Gasteiger partial charge in [-0.25, -0.2) is 0 Å². The summed E-state index contributed by atoms with van der Waals surface area (Å²) in [6.45, 7) is 6.93. The first-order valence-electron chi connectivity index (χ1n) is 8.90. The highest BCUT2D eigenvalue weighted by atomic mass is 16.5. The predicted molar refractivity (Wildman–Crippen MR) is 93.0 cm³/mol. The minimum absolute atomic E-state index is 0.0305. The molecule has 2 heterocycles. The summed E-state index contributed by atoms with van der Waals surface area (Å²) in [7, 11) is 0. The van der Waals surface area contributed by atoms with Crippen molar-refractivity contribution in [2.24, 2.45) is 11.8 Å². The third kappa shape index (κ3) is 3.55. The van der Waals surface area contributed by atoms with Gasteiger partial charge in [-0.05, 0) is 49.9 Å². The molecule has 1 aromatic carbocycles. The monoisotopic (exact) mass is 330 g/mol. The van der Waals surface area contributed by atoms with E-state index in [1.165, 1.54) is 0 Å². The van der Waals surface area contributed by atoms with Gasteiger partial charge in [0.1, 0.15) is 5.75 Å². The largest absolute Gasteiger partial charge is 0.494 e. The summed E-state index contributed by atoms with van der Waals surface area (Å²) in [6.07, 6.45) is 2.45. The normalized spacial score (nSPS) is 22.1. The van der Waals surface area contributed by atoms with Gasteiger partial charge in [0.05, 0.1) is 12.5 Å². The average Bonchev–Trinajstić information content (AvgIpc) is 2.98. The van der Waals surface area contributed by atoms with Gasteiger partial charge in [-0.2, -0.15) is 0 Å². The van der Waals surface area contributed by atoms with Crippen LogP contribution in [0.4, 0.5) is 5.69 Å². The van der Waals surface area contributed by atoms with Crippen LogP contribution >= 0.6 is 0 Å². The van der Waals surface area contributed by atoms with Crippen LogP contribution in [-0.2, 0) is 9.59 Å². The van der Waals surface area contributed by atoms with Crippen molar-refractivity contribution in [2.75, 3.05) is 31.1 Å². The van der Waals surface area contributed by atoms with Gasteiger partial charge in [0.15, 0.2) is 0 Å². The summed E-state index contributed by atoms with van der Waals surface area (Å²) in [5.41, 5.74) is 0.839. The molecule has 5 heteroatoms. The minimum atomic E-state index is -0.211. The number of hydrogen-bond acceptors (Lipinski definition) is 3. The summed E-state index contributed by atoms with van der Waals surface area (Å²) >= 11 is 0.